The molecule has 0 amide bonds. The molecule has 0 atom stereocenters. The van der Waals surface area contributed by atoms with Gasteiger partial charge in [-0.25, -0.2) is 0 Å². The lowest BCUT2D eigenvalue weighted by molar-refractivity contribution is 1.05. The van der Waals surface area contributed by atoms with Gasteiger partial charge in [0.25, 0.3) is 0 Å². The molecule has 0 fully saturated rings. The molecular weight excluding hydrogens is 278 g/mol. The Hall–Kier alpha value is -1.14. The summed E-state index contributed by atoms with van der Waals surface area (Å²) in [6, 6.07) is 1.93. The van der Waals surface area contributed by atoms with Crippen molar-refractivity contribution < 1.29 is 0 Å². The van der Waals surface area contributed by atoms with E-state index in [1.165, 1.54) is 11.3 Å². The van der Waals surface area contributed by atoms with E-state index >= 15 is 0 Å². The maximum absolute atomic E-state index is 10.9. The number of H-pyrrole nitrogens is 1. The Morgan fingerprint density at radius 3 is 3.07 bits per heavy atom. The molecule has 2 N–H and O–H groups in total. The minimum Gasteiger partial charge on any atom is -0.378 e. The monoisotopic (exact) mass is 285 g/mol. The Morgan fingerprint density at radius 2 is 2.40 bits per heavy atom. The van der Waals surface area contributed by atoms with Gasteiger partial charge < -0.3 is 10.3 Å². The van der Waals surface area contributed by atoms with Crippen molar-refractivity contribution in [3.63, 3.8) is 0 Å². The maximum Gasteiger partial charge on any atom is 0.304 e. The van der Waals surface area contributed by atoms with E-state index in [2.05, 4.69) is 31.2 Å². The molecule has 0 unspecified atom stereocenters. The van der Waals surface area contributed by atoms with E-state index in [0.717, 1.165) is 15.9 Å². The quantitative estimate of drug-likeness (QED) is 0.909. The van der Waals surface area contributed by atoms with Crippen molar-refractivity contribution in [2.45, 2.75) is 6.54 Å². The average Bonchev–Trinajstić information content (AvgIpc) is 2.62. The second-order valence-electron chi connectivity index (χ2n) is 2.92. The van der Waals surface area contributed by atoms with Gasteiger partial charge in [-0.2, -0.15) is 0 Å². The van der Waals surface area contributed by atoms with Crippen LogP contribution in [0.15, 0.2) is 33.1 Å². The summed E-state index contributed by atoms with van der Waals surface area (Å²) in [6.45, 7) is 0.594. The van der Waals surface area contributed by atoms with Crippen molar-refractivity contribution in [3.05, 3.63) is 43.7 Å². The Bertz CT molecular complexity index is 508. The number of pyridine rings is 1. The van der Waals surface area contributed by atoms with Crippen LogP contribution in [0.5, 0.6) is 0 Å². The fourth-order valence-corrected chi connectivity index (χ4v) is 2.05. The summed E-state index contributed by atoms with van der Waals surface area (Å²) in [5.41, 5.74) is 1.79. The first-order valence-corrected chi connectivity index (χ1v) is 5.92. The number of anilines is 1. The summed E-state index contributed by atoms with van der Waals surface area (Å²) < 4.78 is 0.923. The molecule has 2 heterocycles. The van der Waals surface area contributed by atoms with Gasteiger partial charge in [-0.3, -0.25) is 9.78 Å². The van der Waals surface area contributed by atoms with Crippen LogP contribution in [0.25, 0.3) is 0 Å². The molecule has 4 nitrogen and oxygen atoms in total. The van der Waals surface area contributed by atoms with E-state index in [0.29, 0.717) is 6.54 Å². The molecule has 2 aromatic rings. The van der Waals surface area contributed by atoms with Crippen LogP contribution in [-0.4, -0.2) is 9.97 Å². The zero-order valence-electron chi connectivity index (χ0n) is 7.66. The predicted molar refractivity (Wildman–Crippen MR) is 64.2 cm³/mol. The topological polar surface area (TPSA) is 57.8 Å². The van der Waals surface area contributed by atoms with Crippen LogP contribution in [0.3, 0.4) is 0 Å². The standard InChI is InChI=1S/C9H8BrN3OS/c10-6-1-7(3-11-2-6)12-4-8-5-15-9(14)13-8/h1-3,5,12H,4H2,(H,13,14). The highest BCUT2D eigenvalue weighted by atomic mass is 79.9. The molecule has 78 valence electrons. The van der Waals surface area contributed by atoms with Gasteiger partial charge in [-0.1, -0.05) is 11.3 Å². The number of halogens is 1. The van der Waals surface area contributed by atoms with E-state index in [4.69, 9.17) is 0 Å². The molecule has 0 aliphatic heterocycles. The Kier molecular flexibility index (Phi) is 3.17. The van der Waals surface area contributed by atoms with Crippen LogP contribution in [0.4, 0.5) is 5.69 Å². The Balaban J connectivity index is 2.02. The minimum atomic E-state index is -0.0285. The molecular formula is C9H8BrN3OS. The van der Waals surface area contributed by atoms with Crippen LogP contribution >= 0.6 is 27.3 Å². The minimum absolute atomic E-state index is 0.0285. The van der Waals surface area contributed by atoms with Gasteiger partial charge in [-0.05, 0) is 22.0 Å². The molecule has 0 spiro atoms. The summed E-state index contributed by atoms with van der Waals surface area (Å²) in [7, 11) is 0. The van der Waals surface area contributed by atoms with Crippen molar-refractivity contribution in [3.8, 4) is 0 Å². The molecule has 0 saturated heterocycles. The van der Waals surface area contributed by atoms with Gasteiger partial charge in [0.15, 0.2) is 0 Å². The van der Waals surface area contributed by atoms with Crippen LogP contribution in [0, 0.1) is 0 Å². The fourth-order valence-electron chi connectivity index (χ4n) is 1.11. The largest absolute Gasteiger partial charge is 0.378 e. The number of hydrogen-bond donors (Lipinski definition) is 2. The molecule has 0 aliphatic rings. The predicted octanol–water partition coefficient (Wildman–Crippen LogP) is 2.21. The van der Waals surface area contributed by atoms with Gasteiger partial charge in [0, 0.05) is 21.7 Å². The molecule has 2 aromatic heterocycles. The second kappa shape index (κ2) is 4.59. The number of nitrogens with one attached hydrogen (secondary N) is 2. The number of aromatic nitrogens is 2. The highest BCUT2D eigenvalue weighted by Gasteiger charge is 1.97. The van der Waals surface area contributed by atoms with E-state index in [-0.39, 0.29) is 4.87 Å². The van der Waals surface area contributed by atoms with Crippen molar-refractivity contribution >= 4 is 33.0 Å². The normalized spacial score (nSPS) is 10.2. The van der Waals surface area contributed by atoms with Crippen molar-refractivity contribution in [1.82, 2.24) is 9.97 Å². The molecule has 0 radical (unpaired) electrons. The highest BCUT2D eigenvalue weighted by molar-refractivity contribution is 9.10. The third-order valence-corrected chi connectivity index (χ3v) is 2.91. The van der Waals surface area contributed by atoms with Gasteiger partial charge in [0.05, 0.1) is 18.4 Å². The lowest BCUT2D eigenvalue weighted by Gasteiger charge is -2.03. The molecule has 0 aromatic carbocycles. The van der Waals surface area contributed by atoms with Crippen molar-refractivity contribution in [2.24, 2.45) is 0 Å². The third-order valence-electron chi connectivity index (χ3n) is 1.76. The van der Waals surface area contributed by atoms with Crippen LogP contribution in [0.2, 0.25) is 0 Å². The molecule has 15 heavy (non-hydrogen) atoms. The first-order valence-electron chi connectivity index (χ1n) is 4.25. The number of rotatable bonds is 3. The summed E-state index contributed by atoms with van der Waals surface area (Å²) in [6.07, 6.45) is 3.45. The van der Waals surface area contributed by atoms with Crippen molar-refractivity contribution in [2.75, 3.05) is 5.32 Å². The van der Waals surface area contributed by atoms with Gasteiger partial charge >= 0.3 is 4.87 Å². The maximum atomic E-state index is 10.9. The Labute approximate surface area is 98.5 Å². The van der Waals surface area contributed by atoms with Gasteiger partial charge in [0.1, 0.15) is 0 Å². The van der Waals surface area contributed by atoms with E-state index in [9.17, 15) is 4.79 Å². The average molecular weight is 286 g/mol. The first-order chi connectivity index (χ1) is 7.24. The smallest absolute Gasteiger partial charge is 0.304 e. The lowest BCUT2D eigenvalue weighted by Crippen LogP contribution is -2.02. The number of aromatic amines is 1. The number of hydrogen-bond acceptors (Lipinski definition) is 4. The highest BCUT2D eigenvalue weighted by Crippen LogP contribution is 2.14. The summed E-state index contributed by atoms with van der Waals surface area (Å²) in [4.78, 5) is 17.6. The summed E-state index contributed by atoms with van der Waals surface area (Å²) >= 11 is 4.50. The zero-order valence-corrected chi connectivity index (χ0v) is 10.1. The SMILES string of the molecule is O=c1[nH]c(CNc2cncc(Br)c2)cs1. The second-order valence-corrected chi connectivity index (χ2v) is 4.68. The summed E-state index contributed by atoms with van der Waals surface area (Å²) in [5.74, 6) is 0. The van der Waals surface area contributed by atoms with Gasteiger partial charge in [-0.15, -0.1) is 0 Å². The number of thiazole rings is 1. The molecule has 0 bridgehead atoms. The number of nitrogens with zero attached hydrogens (tertiary/aromatic N) is 1. The van der Waals surface area contributed by atoms with Gasteiger partial charge in [0.2, 0.25) is 0 Å². The zero-order chi connectivity index (χ0) is 10.7. The van der Waals surface area contributed by atoms with Crippen molar-refractivity contribution in [1.29, 1.82) is 0 Å². The van der Waals surface area contributed by atoms with Crippen LogP contribution in [0.1, 0.15) is 5.69 Å². The molecule has 0 aliphatic carbocycles. The molecule has 6 heteroatoms. The van der Waals surface area contributed by atoms with E-state index in [1.807, 2.05) is 6.07 Å². The lowest BCUT2D eigenvalue weighted by atomic mass is 10.4. The first kappa shape index (κ1) is 10.4. The summed E-state index contributed by atoms with van der Waals surface area (Å²) in [5, 5.41) is 4.97. The third kappa shape index (κ3) is 2.90. The van der Waals surface area contributed by atoms with Crippen LogP contribution < -0.4 is 10.2 Å². The molecule has 2 rings (SSSR count). The Morgan fingerprint density at radius 1 is 1.53 bits per heavy atom. The molecule has 0 saturated carbocycles. The fraction of sp³-hybridized carbons (Fsp3) is 0.111. The van der Waals surface area contributed by atoms with E-state index in [1.54, 1.807) is 17.8 Å². The van der Waals surface area contributed by atoms with Crippen LogP contribution in [-0.2, 0) is 6.54 Å². The van der Waals surface area contributed by atoms with E-state index < -0.39 is 0 Å².